The summed E-state index contributed by atoms with van der Waals surface area (Å²) in [7, 11) is 3.64. The first kappa shape index (κ1) is 18.1. The Morgan fingerprint density at radius 3 is 2.29 bits per heavy atom. The van der Waals surface area contributed by atoms with E-state index in [1.54, 1.807) is 7.11 Å². The van der Waals surface area contributed by atoms with E-state index in [9.17, 15) is 0 Å². The van der Waals surface area contributed by atoms with E-state index < -0.39 is 0 Å². The van der Waals surface area contributed by atoms with Gasteiger partial charge in [-0.05, 0) is 31.5 Å². The standard InChI is InChI=1S/C17H29NO3/c1-5-15-6-8-16(9-7-15)17(18-3)14(2)21-13-12-20-11-10-19-4/h6-9,14,17-18H,5,10-13H2,1-4H3. The van der Waals surface area contributed by atoms with Crippen LogP contribution in [0.25, 0.3) is 0 Å². The number of hydrogen-bond acceptors (Lipinski definition) is 4. The Hall–Kier alpha value is -0.940. The quantitative estimate of drug-likeness (QED) is 0.637. The number of likely N-dealkylation sites (N-methyl/N-ethyl adjacent to an activating group) is 1. The molecule has 0 saturated heterocycles. The van der Waals surface area contributed by atoms with Gasteiger partial charge in [-0.2, -0.15) is 0 Å². The van der Waals surface area contributed by atoms with E-state index in [4.69, 9.17) is 14.2 Å². The third kappa shape index (κ3) is 6.57. The van der Waals surface area contributed by atoms with Crippen LogP contribution in [0.4, 0.5) is 0 Å². The first-order chi connectivity index (χ1) is 10.2. The van der Waals surface area contributed by atoms with Crippen LogP contribution in [0.1, 0.15) is 31.0 Å². The van der Waals surface area contributed by atoms with E-state index in [0.717, 1.165) is 6.42 Å². The molecule has 0 bridgehead atoms. The highest BCUT2D eigenvalue weighted by molar-refractivity contribution is 5.25. The van der Waals surface area contributed by atoms with Crippen LogP contribution in [0, 0.1) is 0 Å². The van der Waals surface area contributed by atoms with E-state index in [1.165, 1.54) is 11.1 Å². The lowest BCUT2D eigenvalue weighted by molar-refractivity contribution is -0.0120. The van der Waals surface area contributed by atoms with Gasteiger partial charge in [0.1, 0.15) is 0 Å². The molecule has 0 aliphatic carbocycles. The van der Waals surface area contributed by atoms with Gasteiger partial charge in [0.15, 0.2) is 0 Å². The second kappa shape index (κ2) is 10.7. The molecule has 0 radical (unpaired) electrons. The lowest BCUT2D eigenvalue weighted by Crippen LogP contribution is -2.30. The van der Waals surface area contributed by atoms with E-state index >= 15 is 0 Å². The fourth-order valence-corrected chi connectivity index (χ4v) is 2.27. The molecule has 1 N–H and O–H groups in total. The maximum absolute atomic E-state index is 5.86. The zero-order valence-corrected chi connectivity index (χ0v) is 13.7. The summed E-state index contributed by atoms with van der Waals surface area (Å²) in [6, 6.07) is 8.90. The van der Waals surface area contributed by atoms with Gasteiger partial charge in [0.05, 0.1) is 38.6 Å². The predicted molar refractivity (Wildman–Crippen MR) is 85.7 cm³/mol. The Kier molecular flexibility index (Phi) is 9.26. The number of hydrogen-bond donors (Lipinski definition) is 1. The molecule has 1 aromatic carbocycles. The van der Waals surface area contributed by atoms with Crippen molar-refractivity contribution < 1.29 is 14.2 Å². The van der Waals surface area contributed by atoms with Crippen molar-refractivity contribution >= 4 is 0 Å². The number of methoxy groups -OCH3 is 1. The third-order valence-electron chi connectivity index (χ3n) is 3.57. The van der Waals surface area contributed by atoms with Crippen molar-refractivity contribution in [1.29, 1.82) is 0 Å². The van der Waals surface area contributed by atoms with Crippen LogP contribution in [-0.4, -0.2) is 46.7 Å². The minimum Gasteiger partial charge on any atom is -0.382 e. The molecule has 21 heavy (non-hydrogen) atoms. The average molecular weight is 295 g/mol. The Morgan fingerprint density at radius 2 is 1.71 bits per heavy atom. The van der Waals surface area contributed by atoms with Gasteiger partial charge in [0.2, 0.25) is 0 Å². The molecule has 0 saturated carbocycles. The van der Waals surface area contributed by atoms with Gasteiger partial charge in [-0.15, -0.1) is 0 Å². The van der Waals surface area contributed by atoms with Crippen molar-refractivity contribution in [2.75, 3.05) is 40.6 Å². The zero-order valence-electron chi connectivity index (χ0n) is 13.7. The summed E-state index contributed by atoms with van der Waals surface area (Å²) in [5.41, 5.74) is 2.61. The Balaban J connectivity index is 2.39. The normalized spacial score (nSPS) is 14.1. The first-order valence-corrected chi connectivity index (χ1v) is 7.67. The van der Waals surface area contributed by atoms with Crippen molar-refractivity contribution in [3.8, 4) is 0 Å². The Morgan fingerprint density at radius 1 is 1.05 bits per heavy atom. The molecule has 0 spiro atoms. The van der Waals surface area contributed by atoms with Gasteiger partial charge in [-0.3, -0.25) is 0 Å². The fourth-order valence-electron chi connectivity index (χ4n) is 2.27. The second-order valence-electron chi connectivity index (χ2n) is 5.04. The largest absolute Gasteiger partial charge is 0.382 e. The third-order valence-corrected chi connectivity index (χ3v) is 3.57. The van der Waals surface area contributed by atoms with Crippen molar-refractivity contribution in [3.05, 3.63) is 35.4 Å². The Bertz CT molecular complexity index is 367. The van der Waals surface area contributed by atoms with Gasteiger partial charge in [-0.25, -0.2) is 0 Å². The number of benzene rings is 1. The number of rotatable bonds is 11. The fraction of sp³-hybridized carbons (Fsp3) is 0.647. The molecule has 0 heterocycles. The summed E-state index contributed by atoms with van der Waals surface area (Å²) in [6.07, 6.45) is 1.16. The van der Waals surface area contributed by atoms with E-state index in [2.05, 4.69) is 43.4 Å². The van der Waals surface area contributed by atoms with Crippen molar-refractivity contribution in [2.24, 2.45) is 0 Å². The molecule has 1 aromatic rings. The lowest BCUT2D eigenvalue weighted by Gasteiger charge is -2.24. The van der Waals surface area contributed by atoms with Gasteiger partial charge in [0.25, 0.3) is 0 Å². The van der Waals surface area contributed by atoms with E-state index in [0.29, 0.717) is 26.4 Å². The highest BCUT2D eigenvalue weighted by Crippen LogP contribution is 2.19. The summed E-state index contributed by atoms with van der Waals surface area (Å²) >= 11 is 0. The van der Waals surface area contributed by atoms with Crippen LogP contribution in [0.5, 0.6) is 0 Å². The summed E-state index contributed by atoms with van der Waals surface area (Å²) < 4.78 is 16.2. The number of aryl methyl sites for hydroxylation is 1. The molecule has 4 heteroatoms. The van der Waals surface area contributed by atoms with Gasteiger partial charge >= 0.3 is 0 Å². The van der Waals surface area contributed by atoms with Crippen molar-refractivity contribution in [2.45, 2.75) is 32.4 Å². The molecule has 2 unspecified atom stereocenters. The summed E-state index contributed by atoms with van der Waals surface area (Å²) in [5, 5.41) is 3.33. The van der Waals surface area contributed by atoms with Gasteiger partial charge < -0.3 is 19.5 Å². The van der Waals surface area contributed by atoms with Gasteiger partial charge in [-0.1, -0.05) is 31.2 Å². The lowest BCUT2D eigenvalue weighted by atomic mass is 10.0. The number of ether oxygens (including phenoxy) is 3. The average Bonchev–Trinajstić information content (AvgIpc) is 2.52. The van der Waals surface area contributed by atoms with E-state index in [-0.39, 0.29) is 12.1 Å². The van der Waals surface area contributed by atoms with Gasteiger partial charge in [0, 0.05) is 7.11 Å². The summed E-state index contributed by atoms with van der Waals surface area (Å²) in [5.74, 6) is 0. The monoisotopic (exact) mass is 295 g/mol. The maximum atomic E-state index is 5.86. The van der Waals surface area contributed by atoms with Crippen molar-refractivity contribution in [3.63, 3.8) is 0 Å². The van der Waals surface area contributed by atoms with Crippen LogP contribution in [0.15, 0.2) is 24.3 Å². The molecule has 4 nitrogen and oxygen atoms in total. The molecule has 0 aromatic heterocycles. The number of nitrogens with one attached hydrogen (secondary N) is 1. The topological polar surface area (TPSA) is 39.7 Å². The minimum atomic E-state index is 0.0912. The van der Waals surface area contributed by atoms with Crippen LogP contribution < -0.4 is 5.32 Å². The second-order valence-corrected chi connectivity index (χ2v) is 5.04. The van der Waals surface area contributed by atoms with Crippen LogP contribution in [-0.2, 0) is 20.6 Å². The molecular formula is C17H29NO3. The molecule has 120 valence electrons. The highest BCUT2D eigenvalue weighted by Gasteiger charge is 2.17. The van der Waals surface area contributed by atoms with Crippen LogP contribution in [0.3, 0.4) is 0 Å². The maximum Gasteiger partial charge on any atom is 0.0742 e. The molecular weight excluding hydrogens is 266 g/mol. The summed E-state index contributed by atoms with van der Waals surface area (Å²) in [4.78, 5) is 0. The molecule has 0 fully saturated rings. The van der Waals surface area contributed by atoms with E-state index in [1.807, 2.05) is 7.05 Å². The first-order valence-electron chi connectivity index (χ1n) is 7.67. The van der Waals surface area contributed by atoms with Crippen LogP contribution >= 0.6 is 0 Å². The van der Waals surface area contributed by atoms with Crippen LogP contribution in [0.2, 0.25) is 0 Å². The predicted octanol–water partition coefficient (Wildman–Crippen LogP) is 2.58. The molecule has 0 amide bonds. The smallest absolute Gasteiger partial charge is 0.0742 e. The highest BCUT2D eigenvalue weighted by atomic mass is 16.5. The zero-order chi connectivity index (χ0) is 15.5. The van der Waals surface area contributed by atoms with Crippen molar-refractivity contribution in [1.82, 2.24) is 5.32 Å². The SMILES string of the molecule is CCc1ccc(C(NC)C(C)OCCOCCOC)cc1. The summed E-state index contributed by atoms with van der Waals surface area (Å²) in [6.45, 7) is 6.68. The minimum absolute atomic E-state index is 0.0912. The molecule has 1 rings (SSSR count). The molecule has 0 aliphatic heterocycles. The Labute approximate surface area is 128 Å². The molecule has 0 aliphatic rings. The molecule has 2 atom stereocenters.